The second kappa shape index (κ2) is 4.65. The van der Waals surface area contributed by atoms with Crippen LogP contribution in [0.15, 0.2) is 23.1 Å². The van der Waals surface area contributed by atoms with Crippen molar-refractivity contribution in [3.63, 3.8) is 0 Å². The zero-order chi connectivity index (χ0) is 14.1. The Bertz CT molecular complexity index is 542. The van der Waals surface area contributed by atoms with E-state index in [1.165, 1.54) is 0 Å². The van der Waals surface area contributed by atoms with Crippen LogP contribution in [0, 0.1) is 0 Å². The lowest BCUT2D eigenvalue weighted by Gasteiger charge is -2.19. The minimum absolute atomic E-state index is 0.113. The van der Waals surface area contributed by atoms with Crippen molar-refractivity contribution in [2.75, 3.05) is 5.73 Å². The quantitative estimate of drug-likeness (QED) is 0.816. The van der Waals surface area contributed by atoms with Crippen molar-refractivity contribution in [3.05, 3.63) is 18.2 Å². The number of sulfonamides is 1. The van der Waals surface area contributed by atoms with Gasteiger partial charge in [-0.2, -0.15) is 13.2 Å². The maximum Gasteiger partial charge on any atom is 0.425 e. The molecule has 0 aliphatic heterocycles. The first-order valence-corrected chi connectivity index (χ1v) is 6.22. The highest BCUT2D eigenvalue weighted by molar-refractivity contribution is 7.89. The predicted octanol–water partition coefficient (Wildman–Crippen LogP) is 1.25. The van der Waals surface area contributed by atoms with E-state index in [4.69, 9.17) is 10.9 Å². The van der Waals surface area contributed by atoms with Crippen LogP contribution in [0.1, 0.15) is 6.92 Å². The molecule has 1 atom stereocenters. The van der Waals surface area contributed by atoms with Gasteiger partial charge in [-0.05, 0) is 19.1 Å². The molecule has 0 aromatic heterocycles. The normalized spacial score (nSPS) is 14.3. The Morgan fingerprint density at radius 3 is 2.33 bits per heavy atom. The number of hydrogen-bond acceptors (Lipinski definition) is 4. The van der Waals surface area contributed by atoms with E-state index in [0.717, 1.165) is 25.1 Å². The van der Waals surface area contributed by atoms with Crippen LogP contribution in [-0.2, 0) is 10.0 Å². The van der Waals surface area contributed by atoms with Gasteiger partial charge in [0.2, 0.25) is 10.0 Å². The van der Waals surface area contributed by atoms with Gasteiger partial charge in [0.15, 0.2) is 6.10 Å². The summed E-state index contributed by atoms with van der Waals surface area (Å²) in [5.74, 6) is -0.383. The Morgan fingerprint density at radius 1 is 1.33 bits per heavy atom. The summed E-state index contributed by atoms with van der Waals surface area (Å²) in [6.07, 6.45) is -6.69. The standard InChI is InChI=1S/C9H11F3N2O3S/c1-5(9(10,11)12)17-8-4-6(18(14,15)16)2-3-7(8)13/h2-5H,13H2,1H3,(H2,14,15,16). The topological polar surface area (TPSA) is 95.4 Å². The van der Waals surface area contributed by atoms with Gasteiger partial charge in [-0.15, -0.1) is 0 Å². The Hall–Kier alpha value is -1.48. The van der Waals surface area contributed by atoms with E-state index in [0.29, 0.717) is 0 Å². The number of nitrogen functional groups attached to an aromatic ring is 1. The van der Waals surface area contributed by atoms with Gasteiger partial charge in [0, 0.05) is 6.07 Å². The van der Waals surface area contributed by atoms with Crippen LogP contribution in [0.3, 0.4) is 0 Å². The van der Waals surface area contributed by atoms with E-state index in [2.05, 4.69) is 4.74 Å². The van der Waals surface area contributed by atoms with Gasteiger partial charge in [-0.25, -0.2) is 13.6 Å². The molecule has 0 saturated carbocycles. The number of ether oxygens (including phenoxy) is 1. The molecule has 1 aromatic rings. The van der Waals surface area contributed by atoms with Crippen LogP contribution in [-0.4, -0.2) is 20.7 Å². The molecule has 5 nitrogen and oxygen atoms in total. The maximum absolute atomic E-state index is 12.3. The maximum atomic E-state index is 12.3. The lowest BCUT2D eigenvalue weighted by Crippen LogP contribution is -2.31. The number of benzene rings is 1. The summed E-state index contributed by atoms with van der Waals surface area (Å²) in [6, 6.07) is 3.04. The predicted molar refractivity (Wildman–Crippen MR) is 58.4 cm³/mol. The Balaban J connectivity index is 3.10. The van der Waals surface area contributed by atoms with Gasteiger partial charge in [0.05, 0.1) is 10.6 Å². The van der Waals surface area contributed by atoms with Crippen LogP contribution >= 0.6 is 0 Å². The number of primary sulfonamides is 1. The van der Waals surface area contributed by atoms with Crippen molar-refractivity contribution in [2.45, 2.75) is 24.1 Å². The number of hydrogen-bond donors (Lipinski definition) is 2. The summed E-state index contributed by atoms with van der Waals surface area (Å²) in [5, 5.41) is 4.85. The molecule has 4 N–H and O–H groups in total. The highest BCUT2D eigenvalue weighted by atomic mass is 32.2. The Kier molecular flexibility index (Phi) is 3.77. The summed E-state index contributed by atoms with van der Waals surface area (Å²) in [4.78, 5) is -0.374. The molecule has 102 valence electrons. The molecule has 0 bridgehead atoms. The van der Waals surface area contributed by atoms with Crippen LogP contribution in [0.5, 0.6) is 5.75 Å². The molecular weight excluding hydrogens is 273 g/mol. The van der Waals surface area contributed by atoms with Crippen LogP contribution in [0.4, 0.5) is 18.9 Å². The van der Waals surface area contributed by atoms with Crippen molar-refractivity contribution in [1.29, 1.82) is 0 Å². The molecule has 0 amide bonds. The number of halogens is 3. The fraction of sp³-hybridized carbons (Fsp3) is 0.333. The second-order valence-electron chi connectivity index (χ2n) is 3.55. The Morgan fingerprint density at radius 2 is 1.89 bits per heavy atom. The molecule has 0 fully saturated rings. The number of rotatable bonds is 3. The van der Waals surface area contributed by atoms with Gasteiger partial charge >= 0.3 is 6.18 Å². The molecule has 0 spiro atoms. The second-order valence-corrected chi connectivity index (χ2v) is 5.11. The van der Waals surface area contributed by atoms with Gasteiger partial charge in [-0.3, -0.25) is 0 Å². The Labute approximate surface area is 102 Å². The molecule has 9 heteroatoms. The molecule has 0 aliphatic rings. The van der Waals surface area contributed by atoms with E-state index in [-0.39, 0.29) is 16.3 Å². The minimum atomic E-state index is -4.58. The van der Waals surface area contributed by atoms with Crippen molar-refractivity contribution in [1.82, 2.24) is 0 Å². The third-order valence-electron chi connectivity index (χ3n) is 2.08. The number of nitrogens with two attached hydrogens (primary N) is 2. The van der Waals surface area contributed by atoms with Crippen LogP contribution in [0.2, 0.25) is 0 Å². The largest absolute Gasteiger partial charge is 0.479 e. The third-order valence-corrected chi connectivity index (χ3v) is 2.99. The first-order chi connectivity index (χ1) is 8.01. The van der Waals surface area contributed by atoms with Crippen LogP contribution < -0.4 is 15.6 Å². The number of anilines is 1. The average molecular weight is 284 g/mol. The zero-order valence-corrected chi connectivity index (χ0v) is 10.0. The molecule has 0 heterocycles. The first kappa shape index (κ1) is 14.6. The summed E-state index contributed by atoms with van der Waals surface area (Å²) in [6.45, 7) is 0.781. The van der Waals surface area contributed by atoms with E-state index in [9.17, 15) is 21.6 Å². The fourth-order valence-corrected chi connectivity index (χ4v) is 1.58. The van der Waals surface area contributed by atoms with E-state index in [1.807, 2.05) is 0 Å². The molecule has 1 unspecified atom stereocenters. The highest BCUT2D eigenvalue weighted by Gasteiger charge is 2.38. The first-order valence-electron chi connectivity index (χ1n) is 4.67. The van der Waals surface area contributed by atoms with Crippen LogP contribution in [0.25, 0.3) is 0 Å². The summed E-state index contributed by atoms with van der Waals surface area (Å²) < 4.78 is 63.5. The average Bonchev–Trinajstić information content (AvgIpc) is 2.18. The van der Waals surface area contributed by atoms with E-state index >= 15 is 0 Å². The fourth-order valence-electron chi connectivity index (χ4n) is 1.05. The van der Waals surface area contributed by atoms with E-state index in [1.54, 1.807) is 0 Å². The summed E-state index contributed by atoms with van der Waals surface area (Å²) in [7, 11) is -4.03. The molecule has 0 radical (unpaired) electrons. The zero-order valence-electron chi connectivity index (χ0n) is 9.23. The van der Waals surface area contributed by atoms with Gasteiger partial charge in [-0.1, -0.05) is 0 Å². The van der Waals surface area contributed by atoms with Crippen molar-refractivity contribution in [3.8, 4) is 5.75 Å². The number of alkyl halides is 3. The van der Waals surface area contributed by atoms with E-state index < -0.39 is 22.3 Å². The van der Waals surface area contributed by atoms with Gasteiger partial charge in [0.1, 0.15) is 5.75 Å². The molecular formula is C9H11F3N2O3S. The lowest BCUT2D eigenvalue weighted by molar-refractivity contribution is -0.189. The smallest absolute Gasteiger partial charge is 0.425 e. The summed E-state index contributed by atoms with van der Waals surface area (Å²) >= 11 is 0. The SMILES string of the molecule is CC(Oc1cc(S(N)(=O)=O)ccc1N)C(F)(F)F. The van der Waals surface area contributed by atoms with Gasteiger partial charge in [0.25, 0.3) is 0 Å². The minimum Gasteiger partial charge on any atom is -0.479 e. The lowest BCUT2D eigenvalue weighted by atomic mass is 10.3. The molecule has 18 heavy (non-hydrogen) atoms. The van der Waals surface area contributed by atoms with Gasteiger partial charge < -0.3 is 10.5 Å². The molecule has 1 rings (SSSR count). The molecule has 0 aliphatic carbocycles. The molecule has 1 aromatic carbocycles. The summed E-state index contributed by atoms with van der Waals surface area (Å²) in [5.41, 5.74) is 5.28. The van der Waals surface area contributed by atoms with Crippen molar-refractivity contribution < 1.29 is 26.3 Å². The van der Waals surface area contributed by atoms with Crippen molar-refractivity contribution in [2.24, 2.45) is 5.14 Å². The third kappa shape index (κ3) is 3.50. The monoisotopic (exact) mass is 284 g/mol. The highest BCUT2D eigenvalue weighted by Crippen LogP contribution is 2.30. The van der Waals surface area contributed by atoms with Crippen molar-refractivity contribution >= 4 is 15.7 Å². The molecule has 0 saturated heterocycles.